The minimum atomic E-state index is -0.283. The monoisotopic (exact) mass is 439 g/mol. The van der Waals surface area contributed by atoms with E-state index < -0.39 is 0 Å². The van der Waals surface area contributed by atoms with Crippen molar-refractivity contribution in [1.82, 2.24) is 20.2 Å². The largest absolute Gasteiger partial charge is 0.347 e. The molecule has 1 unspecified atom stereocenters. The molecule has 1 N–H and O–H groups in total. The van der Waals surface area contributed by atoms with Crippen molar-refractivity contribution in [2.45, 2.75) is 39.0 Å². The molecule has 2 aliphatic rings. The molecule has 0 spiro atoms. The zero-order valence-corrected chi connectivity index (χ0v) is 18.2. The summed E-state index contributed by atoms with van der Waals surface area (Å²) in [6.45, 7) is 4.60. The second kappa shape index (κ2) is 9.02. The molecule has 4 rings (SSSR count). The number of fused-ring (bicyclic) bond motifs is 1. The molecule has 1 atom stereocenters. The van der Waals surface area contributed by atoms with Crippen LogP contribution in [0.2, 0.25) is 0 Å². The second-order valence-corrected chi connectivity index (χ2v) is 8.27. The number of amides is 3. The number of halogens is 1. The van der Waals surface area contributed by atoms with Crippen LogP contribution in [0.25, 0.3) is 0 Å². The van der Waals surface area contributed by atoms with Crippen LogP contribution in [0.3, 0.4) is 0 Å². The molecule has 9 heteroatoms. The van der Waals surface area contributed by atoms with Gasteiger partial charge in [-0.15, -0.1) is 0 Å². The maximum Gasteiger partial charge on any atom is 0.241 e. The summed E-state index contributed by atoms with van der Waals surface area (Å²) in [5, 5.41) is 2.53. The summed E-state index contributed by atoms with van der Waals surface area (Å²) in [4.78, 5) is 48.7. The maximum absolute atomic E-state index is 14.0. The van der Waals surface area contributed by atoms with Gasteiger partial charge in [0, 0.05) is 43.7 Å². The van der Waals surface area contributed by atoms with Crippen molar-refractivity contribution < 1.29 is 18.8 Å². The van der Waals surface area contributed by atoms with E-state index in [1.54, 1.807) is 28.0 Å². The van der Waals surface area contributed by atoms with Crippen LogP contribution < -0.4 is 10.2 Å². The Labute approximate surface area is 185 Å². The number of aromatic nitrogens is 2. The van der Waals surface area contributed by atoms with Gasteiger partial charge in [0.05, 0.1) is 13.0 Å². The fraction of sp³-hybridized carbons (Fsp3) is 0.435. The van der Waals surface area contributed by atoms with Gasteiger partial charge in [-0.1, -0.05) is 18.2 Å². The summed E-state index contributed by atoms with van der Waals surface area (Å²) >= 11 is 0. The fourth-order valence-electron chi connectivity index (χ4n) is 4.25. The summed E-state index contributed by atoms with van der Waals surface area (Å²) in [5.41, 5.74) is 2.13. The van der Waals surface area contributed by atoms with Crippen molar-refractivity contribution >= 4 is 23.5 Å². The molecule has 8 nitrogen and oxygen atoms in total. The van der Waals surface area contributed by atoms with Crippen LogP contribution in [0, 0.1) is 12.7 Å². The molecule has 1 fully saturated rings. The fourth-order valence-corrected chi connectivity index (χ4v) is 4.25. The second-order valence-electron chi connectivity index (χ2n) is 8.27. The zero-order valence-electron chi connectivity index (χ0n) is 18.2. The molecule has 0 aliphatic carbocycles. The number of benzene rings is 1. The average molecular weight is 439 g/mol. The molecule has 1 aromatic heterocycles. The standard InChI is InChI=1S/C23H26FN5O3/c1-14-18-11-20(31)29(10-8-16-5-3-4-6-19(16)24)23(18)27-22(26-14)17-7-9-28(13-17)21(32)12-25-15(2)30/h3-6,17H,7-13H2,1-2H3,(H,25,30). The van der Waals surface area contributed by atoms with Crippen LogP contribution in [0.4, 0.5) is 10.2 Å². The number of nitrogens with one attached hydrogen (secondary N) is 1. The Hall–Kier alpha value is -3.36. The highest BCUT2D eigenvalue weighted by molar-refractivity contribution is 6.00. The van der Waals surface area contributed by atoms with Crippen molar-refractivity contribution in [2.24, 2.45) is 0 Å². The molecule has 168 valence electrons. The molecule has 2 aliphatic heterocycles. The van der Waals surface area contributed by atoms with Crippen molar-refractivity contribution in [2.75, 3.05) is 31.1 Å². The van der Waals surface area contributed by atoms with Crippen LogP contribution in [-0.4, -0.2) is 58.8 Å². The number of aryl methyl sites for hydroxylation is 1. The molecule has 1 aromatic carbocycles. The quantitative estimate of drug-likeness (QED) is 0.736. The average Bonchev–Trinajstić information content (AvgIpc) is 3.37. The highest BCUT2D eigenvalue weighted by Crippen LogP contribution is 2.33. The number of likely N-dealkylation sites (tertiary alicyclic amines) is 1. The SMILES string of the molecule is CC(=O)NCC(=O)N1CCC(c2nc(C)c3c(n2)N(CCc2ccccc2F)C(=O)C3)C1. The third-order valence-corrected chi connectivity index (χ3v) is 6.05. The topological polar surface area (TPSA) is 95.5 Å². The molecular weight excluding hydrogens is 413 g/mol. The highest BCUT2D eigenvalue weighted by atomic mass is 19.1. The van der Waals surface area contributed by atoms with Crippen LogP contribution in [0.5, 0.6) is 0 Å². The number of rotatable bonds is 6. The normalized spacial score (nSPS) is 17.6. The van der Waals surface area contributed by atoms with Gasteiger partial charge in [-0.25, -0.2) is 14.4 Å². The highest BCUT2D eigenvalue weighted by Gasteiger charge is 2.34. The third kappa shape index (κ3) is 4.46. The van der Waals surface area contributed by atoms with E-state index >= 15 is 0 Å². The molecule has 0 radical (unpaired) electrons. The molecule has 3 amide bonds. The van der Waals surface area contributed by atoms with E-state index in [4.69, 9.17) is 4.98 Å². The number of hydrogen-bond acceptors (Lipinski definition) is 5. The van der Waals surface area contributed by atoms with Gasteiger partial charge in [-0.05, 0) is 31.4 Å². The first-order valence-corrected chi connectivity index (χ1v) is 10.8. The van der Waals surface area contributed by atoms with E-state index in [-0.39, 0.29) is 42.4 Å². The third-order valence-electron chi connectivity index (χ3n) is 6.05. The van der Waals surface area contributed by atoms with Crippen LogP contribution in [0.1, 0.15) is 41.9 Å². The Morgan fingerprint density at radius 1 is 1.25 bits per heavy atom. The Morgan fingerprint density at radius 2 is 2.03 bits per heavy atom. The van der Waals surface area contributed by atoms with Gasteiger partial charge in [0.25, 0.3) is 0 Å². The lowest BCUT2D eigenvalue weighted by atomic mass is 10.1. The minimum Gasteiger partial charge on any atom is -0.347 e. The summed E-state index contributed by atoms with van der Waals surface area (Å²) in [5.74, 6) is 0.440. The number of hydrogen-bond donors (Lipinski definition) is 1. The van der Waals surface area contributed by atoms with Gasteiger partial charge in [-0.2, -0.15) is 0 Å². The first-order chi connectivity index (χ1) is 15.3. The van der Waals surface area contributed by atoms with E-state index in [2.05, 4.69) is 10.3 Å². The lowest BCUT2D eigenvalue weighted by molar-refractivity contribution is -0.131. The van der Waals surface area contributed by atoms with E-state index in [0.717, 1.165) is 11.3 Å². The number of carbonyl (C=O) groups excluding carboxylic acids is 3. The van der Waals surface area contributed by atoms with Gasteiger partial charge < -0.3 is 10.2 Å². The van der Waals surface area contributed by atoms with Gasteiger partial charge in [-0.3, -0.25) is 19.3 Å². The van der Waals surface area contributed by atoms with Gasteiger partial charge >= 0.3 is 0 Å². The maximum atomic E-state index is 14.0. The number of nitrogens with zero attached hydrogens (tertiary/aromatic N) is 4. The first-order valence-electron chi connectivity index (χ1n) is 10.8. The first kappa shape index (κ1) is 21.9. The summed E-state index contributed by atoms with van der Waals surface area (Å²) in [6, 6.07) is 6.56. The van der Waals surface area contributed by atoms with E-state index in [0.29, 0.717) is 49.7 Å². The number of carbonyl (C=O) groups is 3. The summed E-state index contributed by atoms with van der Waals surface area (Å²) < 4.78 is 14.0. The van der Waals surface area contributed by atoms with E-state index in [1.807, 2.05) is 6.92 Å². The molecule has 0 saturated carbocycles. The van der Waals surface area contributed by atoms with Crippen molar-refractivity contribution in [3.63, 3.8) is 0 Å². The summed E-state index contributed by atoms with van der Waals surface area (Å²) in [7, 11) is 0. The molecule has 32 heavy (non-hydrogen) atoms. The smallest absolute Gasteiger partial charge is 0.241 e. The predicted octanol–water partition coefficient (Wildman–Crippen LogP) is 1.51. The lowest BCUT2D eigenvalue weighted by Gasteiger charge is -2.19. The van der Waals surface area contributed by atoms with Gasteiger partial charge in [0.1, 0.15) is 17.5 Å². The molecular formula is C23H26FN5O3. The Balaban J connectivity index is 1.49. The Kier molecular flexibility index (Phi) is 6.16. The lowest BCUT2D eigenvalue weighted by Crippen LogP contribution is -2.38. The predicted molar refractivity (Wildman–Crippen MR) is 116 cm³/mol. The molecule has 1 saturated heterocycles. The number of anilines is 1. The van der Waals surface area contributed by atoms with Crippen LogP contribution >= 0.6 is 0 Å². The van der Waals surface area contributed by atoms with Crippen molar-refractivity contribution in [3.8, 4) is 0 Å². The zero-order chi connectivity index (χ0) is 22.8. The van der Waals surface area contributed by atoms with Crippen LogP contribution in [0.15, 0.2) is 24.3 Å². The Bertz CT molecular complexity index is 1070. The Morgan fingerprint density at radius 3 is 2.78 bits per heavy atom. The van der Waals surface area contributed by atoms with E-state index in [1.165, 1.54) is 13.0 Å². The van der Waals surface area contributed by atoms with Crippen molar-refractivity contribution in [1.29, 1.82) is 0 Å². The van der Waals surface area contributed by atoms with Gasteiger partial charge in [0.15, 0.2) is 0 Å². The van der Waals surface area contributed by atoms with Crippen molar-refractivity contribution in [3.05, 3.63) is 52.7 Å². The van der Waals surface area contributed by atoms with Gasteiger partial charge in [0.2, 0.25) is 17.7 Å². The van der Waals surface area contributed by atoms with Crippen LogP contribution in [-0.2, 0) is 27.2 Å². The molecule has 0 bridgehead atoms. The summed E-state index contributed by atoms with van der Waals surface area (Å²) in [6.07, 6.45) is 1.35. The molecule has 2 aromatic rings. The minimum absolute atomic E-state index is 0.0234. The van der Waals surface area contributed by atoms with E-state index in [9.17, 15) is 18.8 Å². The molecule has 3 heterocycles.